The van der Waals surface area contributed by atoms with Crippen molar-refractivity contribution < 1.29 is 5.11 Å². The third-order valence-electron chi connectivity index (χ3n) is 4.53. The Kier molecular flexibility index (Phi) is 6.04. The highest BCUT2D eigenvalue weighted by atomic mass is 16.3. The van der Waals surface area contributed by atoms with Crippen LogP contribution in [0.5, 0.6) is 0 Å². The SMILES string of the molecule is C/C=C\c1ccc(CN(CCO)CCc2c[nH]c3ccccc23)cc1. The molecule has 0 aliphatic heterocycles. The third-order valence-corrected chi connectivity index (χ3v) is 4.53. The number of aliphatic hydroxyl groups is 1. The number of hydrogen-bond donors (Lipinski definition) is 2. The van der Waals surface area contributed by atoms with Crippen LogP contribution >= 0.6 is 0 Å². The quantitative estimate of drug-likeness (QED) is 0.647. The molecule has 0 atom stereocenters. The molecule has 1 heterocycles. The standard InChI is InChI=1S/C22H26N2O/c1-2-5-18-8-10-19(11-9-18)17-24(14-15-25)13-12-20-16-23-22-7-4-3-6-21(20)22/h2-11,16,23,25H,12-15,17H2,1H3/b5-2-. The number of para-hydroxylation sites is 1. The molecular formula is C22H26N2O. The second kappa shape index (κ2) is 8.65. The van der Waals surface area contributed by atoms with Crippen molar-refractivity contribution in [2.24, 2.45) is 0 Å². The Hall–Kier alpha value is -2.36. The van der Waals surface area contributed by atoms with E-state index in [9.17, 15) is 5.11 Å². The zero-order chi connectivity index (χ0) is 17.5. The van der Waals surface area contributed by atoms with Crippen LogP contribution in [0.3, 0.4) is 0 Å². The molecular weight excluding hydrogens is 308 g/mol. The summed E-state index contributed by atoms with van der Waals surface area (Å²) < 4.78 is 0. The maximum absolute atomic E-state index is 9.40. The van der Waals surface area contributed by atoms with Gasteiger partial charge in [-0.05, 0) is 36.1 Å². The van der Waals surface area contributed by atoms with Gasteiger partial charge in [-0.2, -0.15) is 0 Å². The summed E-state index contributed by atoms with van der Waals surface area (Å²) >= 11 is 0. The summed E-state index contributed by atoms with van der Waals surface area (Å²) in [6.45, 7) is 4.70. The molecule has 0 bridgehead atoms. The lowest BCUT2D eigenvalue weighted by Gasteiger charge is -2.21. The Morgan fingerprint density at radius 1 is 1.04 bits per heavy atom. The van der Waals surface area contributed by atoms with Gasteiger partial charge in [0, 0.05) is 36.7 Å². The van der Waals surface area contributed by atoms with E-state index < -0.39 is 0 Å². The molecule has 3 aromatic rings. The predicted octanol–water partition coefficient (Wildman–Crippen LogP) is 4.24. The van der Waals surface area contributed by atoms with Gasteiger partial charge in [0.05, 0.1) is 6.61 Å². The van der Waals surface area contributed by atoms with Crippen molar-refractivity contribution in [1.82, 2.24) is 9.88 Å². The number of aliphatic hydroxyl groups excluding tert-OH is 1. The Labute approximate surface area is 149 Å². The summed E-state index contributed by atoms with van der Waals surface area (Å²) in [7, 11) is 0. The number of allylic oxidation sites excluding steroid dienone is 1. The molecule has 0 amide bonds. The van der Waals surface area contributed by atoms with Crippen molar-refractivity contribution in [3.8, 4) is 0 Å². The first-order valence-corrected chi connectivity index (χ1v) is 8.90. The van der Waals surface area contributed by atoms with Crippen molar-refractivity contribution in [3.05, 3.63) is 77.5 Å². The van der Waals surface area contributed by atoms with Gasteiger partial charge < -0.3 is 10.1 Å². The van der Waals surface area contributed by atoms with Crippen molar-refractivity contribution in [1.29, 1.82) is 0 Å². The summed E-state index contributed by atoms with van der Waals surface area (Å²) in [6.07, 6.45) is 7.23. The molecule has 130 valence electrons. The minimum Gasteiger partial charge on any atom is -0.395 e. The largest absolute Gasteiger partial charge is 0.395 e. The lowest BCUT2D eigenvalue weighted by molar-refractivity contribution is 0.192. The van der Waals surface area contributed by atoms with E-state index in [2.05, 4.69) is 70.7 Å². The number of aromatic amines is 1. The highest BCUT2D eigenvalue weighted by Crippen LogP contribution is 2.18. The van der Waals surface area contributed by atoms with Gasteiger partial charge in [0.2, 0.25) is 0 Å². The molecule has 1 aromatic heterocycles. The number of H-pyrrole nitrogens is 1. The number of fused-ring (bicyclic) bond motifs is 1. The van der Waals surface area contributed by atoms with Crippen LogP contribution in [-0.2, 0) is 13.0 Å². The molecule has 0 saturated carbocycles. The maximum Gasteiger partial charge on any atom is 0.0558 e. The van der Waals surface area contributed by atoms with Gasteiger partial charge in [-0.25, -0.2) is 0 Å². The summed E-state index contributed by atoms with van der Waals surface area (Å²) in [5, 5.41) is 10.7. The van der Waals surface area contributed by atoms with Crippen LogP contribution in [0.15, 0.2) is 60.8 Å². The number of benzene rings is 2. The van der Waals surface area contributed by atoms with E-state index in [-0.39, 0.29) is 6.61 Å². The zero-order valence-corrected chi connectivity index (χ0v) is 14.8. The number of nitrogens with zero attached hydrogens (tertiary/aromatic N) is 1. The molecule has 2 aromatic carbocycles. The monoisotopic (exact) mass is 334 g/mol. The molecule has 0 fully saturated rings. The van der Waals surface area contributed by atoms with E-state index in [1.165, 1.54) is 27.6 Å². The van der Waals surface area contributed by atoms with Gasteiger partial charge in [-0.3, -0.25) is 4.90 Å². The van der Waals surface area contributed by atoms with Crippen LogP contribution in [0.4, 0.5) is 0 Å². The Morgan fingerprint density at radius 2 is 1.84 bits per heavy atom. The van der Waals surface area contributed by atoms with E-state index >= 15 is 0 Å². The number of hydrogen-bond acceptors (Lipinski definition) is 2. The van der Waals surface area contributed by atoms with Crippen molar-refractivity contribution in [3.63, 3.8) is 0 Å². The van der Waals surface area contributed by atoms with Crippen molar-refractivity contribution in [2.75, 3.05) is 19.7 Å². The molecule has 0 aliphatic rings. The average Bonchev–Trinajstić information content (AvgIpc) is 3.05. The summed E-state index contributed by atoms with van der Waals surface area (Å²) in [6, 6.07) is 17.0. The van der Waals surface area contributed by atoms with E-state index in [1.807, 2.05) is 13.0 Å². The van der Waals surface area contributed by atoms with Gasteiger partial charge in [-0.15, -0.1) is 0 Å². The number of rotatable bonds is 8. The Morgan fingerprint density at radius 3 is 2.60 bits per heavy atom. The Balaban J connectivity index is 1.64. The van der Waals surface area contributed by atoms with Crippen LogP contribution < -0.4 is 0 Å². The minimum absolute atomic E-state index is 0.185. The molecule has 0 spiro atoms. The highest BCUT2D eigenvalue weighted by molar-refractivity contribution is 5.83. The number of aromatic nitrogens is 1. The fraction of sp³-hybridized carbons (Fsp3) is 0.273. The molecule has 3 rings (SSSR count). The molecule has 0 aliphatic carbocycles. The predicted molar refractivity (Wildman–Crippen MR) is 106 cm³/mol. The molecule has 25 heavy (non-hydrogen) atoms. The average molecular weight is 334 g/mol. The van der Waals surface area contributed by atoms with E-state index in [4.69, 9.17) is 0 Å². The normalized spacial score (nSPS) is 11.8. The second-order valence-electron chi connectivity index (χ2n) is 6.35. The molecule has 0 saturated heterocycles. The summed E-state index contributed by atoms with van der Waals surface area (Å²) in [4.78, 5) is 5.65. The van der Waals surface area contributed by atoms with Crippen LogP contribution in [0.25, 0.3) is 17.0 Å². The van der Waals surface area contributed by atoms with Crippen molar-refractivity contribution in [2.45, 2.75) is 19.9 Å². The van der Waals surface area contributed by atoms with E-state index in [0.29, 0.717) is 6.54 Å². The highest BCUT2D eigenvalue weighted by Gasteiger charge is 2.08. The first kappa shape index (κ1) is 17.5. The molecule has 3 nitrogen and oxygen atoms in total. The summed E-state index contributed by atoms with van der Waals surface area (Å²) in [5.41, 5.74) is 5.02. The molecule has 3 heteroatoms. The summed E-state index contributed by atoms with van der Waals surface area (Å²) in [5.74, 6) is 0. The fourth-order valence-electron chi connectivity index (χ4n) is 3.21. The first-order valence-electron chi connectivity index (χ1n) is 8.90. The van der Waals surface area contributed by atoms with Gasteiger partial charge in [0.15, 0.2) is 0 Å². The van der Waals surface area contributed by atoms with Gasteiger partial charge in [-0.1, -0.05) is 54.6 Å². The zero-order valence-electron chi connectivity index (χ0n) is 14.8. The fourth-order valence-corrected chi connectivity index (χ4v) is 3.21. The van der Waals surface area contributed by atoms with Crippen LogP contribution in [0.1, 0.15) is 23.6 Å². The third kappa shape index (κ3) is 4.59. The van der Waals surface area contributed by atoms with Crippen LogP contribution in [0.2, 0.25) is 0 Å². The first-order chi connectivity index (χ1) is 12.3. The van der Waals surface area contributed by atoms with E-state index in [1.54, 1.807) is 0 Å². The topological polar surface area (TPSA) is 39.3 Å². The molecule has 0 unspecified atom stereocenters. The second-order valence-corrected chi connectivity index (χ2v) is 6.35. The molecule has 0 radical (unpaired) electrons. The minimum atomic E-state index is 0.185. The smallest absolute Gasteiger partial charge is 0.0558 e. The van der Waals surface area contributed by atoms with Crippen LogP contribution in [-0.4, -0.2) is 34.7 Å². The lowest BCUT2D eigenvalue weighted by atomic mass is 10.1. The van der Waals surface area contributed by atoms with Crippen LogP contribution in [0, 0.1) is 0 Å². The Bertz CT molecular complexity index is 817. The van der Waals surface area contributed by atoms with Gasteiger partial charge in [0.1, 0.15) is 0 Å². The van der Waals surface area contributed by atoms with Gasteiger partial charge >= 0.3 is 0 Å². The number of nitrogens with one attached hydrogen (secondary N) is 1. The maximum atomic E-state index is 9.40. The van der Waals surface area contributed by atoms with E-state index in [0.717, 1.165) is 19.5 Å². The van der Waals surface area contributed by atoms with Crippen molar-refractivity contribution >= 4 is 17.0 Å². The molecule has 2 N–H and O–H groups in total. The lowest BCUT2D eigenvalue weighted by Crippen LogP contribution is -2.28. The van der Waals surface area contributed by atoms with Gasteiger partial charge in [0.25, 0.3) is 0 Å².